The number of rotatable bonds is 4. The smallest absolute Gasteiger partial charge is 0.288 e. The van der Waals surface area contributed by atoms with Gasteiger partial charge in [0, 0.05) is 18.7 Å². The van der Waals surface area contributed by atoms with Gasteiger partial charge >= 0.3 is 0 Å². The lowest BCUT2D eigenvalue weighted by Gasteiger charge is -2.35. The van der Waals surface area contributed by atoms with Crippen molar-refractivity contribution in [1.29, 1.82) is 0 Å². The van der Waals surface area contributed by atoms with Crippen LogP contribution in [0.25, 0.3) is 0 Å². The summed E-state index contributed by atoms with van der Waals surface area (Å²) in [6, 6.07) is 5.34. The molecule has 1 unspecified atom stereocenters. The number of hydrogen-bond donors (Lipinski definition) is 0. The largest absolute Gasteiger partial charge is 0.299 e. The molecule has 0 aromatic heterocycles. The van der Waals surface area contributed by atoms with E-state index in [1.54, 1.807) is 12.1 Å². The molecule has 1 aromatic carbocycles. The summed E-state index contributed by atoms with van der Waals surface area (Å²) in [4.78, 5) is 12.6. The number of hydrogen-bond acceptors (Lipinski definition) is 3. The van der Waals surface area contributed by atoms with Gasteiger partial charge in [-0.15, -0.1) is 0 Å². The van der Waals surface area contributed by atoms with Gasteiger partial charge in [0.05, 0.1) is 4.92 Å². The maximum Gasteiger partial charge on any atom is 0.288 e. The van der Waals surface area contributed by atoms with Gasteiger partial charge in [-0.25, -0.2) is 0 Å². The predicted molar refractivity (Wildman–Crippen MR) is 78.5 cm³/mol. The van der Waals surface area contributed by atoms with Gasteiger partial charge in [0.25, 0.3) is 5.69 Å². The summed E-state index contributed by atoms with van der Waals surface area (Å²) in [5.74, 6) is 0. The van der Waals surface area contributed by atoms with Gasteiger partial charge in [-0.05, 0) is 31.0 Å². The average molecular weight is 285 g/mol. The molecule has 0 fully saturated rings. The summed E-state index contributed by atoms with van der Waals surface area (Å²) in [5.41, 5.74) is 1.03. The molecule has 0 amide bonds. The van der Waals surface area contributed by atoms with Crippen molar-refractivity contribution in [1.82, 2.24) is 4.90 Å². The van der Waals surface area contributed by atoms with Crippen molar-refractivity contribution >= 4 is 17.3 Å². The van der Waals surface area contributed by atoms with E-state index in [1.165, 1.54) is 0 Å². The maximum absolute atomic E-state index is 10.9. The molecule has 0 saturated heterocycles. The normalized spacial score (nSPS) is 13.6. The van der Waals surface area contributed by atoms with Crippen molar-refractivity contribution < 1.29 is 4.92 Å². The number of nitro groups is 1. The molecule has 0 heterocycles. The Morgan fingerprint density at radius 3 is 2.47 bits per heavy atom. The Morgan fingerprint density at radius 1 is 1.42 bits per heavy atom. The zero-order chi connectivity index (χ0) is 14.8. The molecular formula is C14H21ClN2O2. The molecular weight excluding hydrogens is 264 g/mol. The number of halogens is 1. The molecule has 1 atom stereocenters. The first-order valence-corrected chi connectivity index (χ1v) is 6.63. The predicted octanol–water partition coefficient (Wildman–Crippen LogP) is 4.11. The highest BCUT2D eigenvalue weighted by Crippen LogP contribution is 2.28. The number of benzene rings is 1. The Morgan fingerprint density at radius 2 is 2.00 bits per heavy atom. The molecule has 1 aromatic rings. The Kier molecular flexibility index (Phi) is 4.93. The standard InChI is InChI=1S/C14H21ClN2O2/c1-10(14(2,3)4)16(5)9-11-6-7-12(15)13(8-11)17(18)19/h6-8,10H,9H2,1-5H3. The van der Waals surface area contributed by atoms with Crippen LogP contribution in [0.3, 0.4) is 0 Å². The van der Waals surface area contributed by atoms with E-state index in [0.717, 1.165) is 5.56 Å². The van der Waals surface area contributed by atoms with Crippen LogP contribution in [0.5, 0.6) is 0 Å². The van der Waals surface area contributed by atoms with Crippen molar-refractivity contribution in [3.05, 3.63) is 38.9 Å². The molecule has 0 aliphatic rings. The highest BCUT2D eigenvalue weighted by molar-refractivity contribution is 6.32. The molecule has 19 heavy (non-hydrogen) atoms. The molecule has 5 heteroatoms. The molecule has 4 nitrogen and oxygen atoms in total. The third kappa shape index (κ3) is 4.18. The highest BCUT2D eigenvalue weighted by atomic mass is 35.5. The second kappa shape index (κ2) is 5.88. The summed E-state index contributed by atoms with van der Waals surface area (Å²) in [6.07, 6.45) is 0. The molecule has 1 rings (SSSR count). The third-order valence-corrected chi connectivity index (χ3v) is 3.87. The Labute approximate surface area is 119 Å². The van der Waals surface area contributed by atoms with Crippen molar-refractivity contribution in [2.75, 3.05) is 7.05 Å². The van der Waals surface area contributed by atoms with Gasteiger partial charge in [0.15, 0.2) is 0 Å². The Hall–Kier alpha value is -1.13. The minimum absolute atomic E-state index is 0.0315. The fourth-order valence-electron chi connectivity index (χ4n) is 1.88. The number of nitro benzene ring substituents is 1. The second-order valence-electron chi connectivity index (χ2n) is 6.00. The molecule has 0 spiro atoms. The zero-order valence-electron chi connectivity index (χ0n) is 12.1. The topological polar surface area (TPSA) is 46.4 Å². The van der Waals surface area contributed by atoms with E-state index in [2.05, 4.69) is 32.6 Å². The minimum Gasteiger partial charge on any atom is -0.299 e. The molecule has 0 N–H and O–H groups in total. The van der Waals surface area contributed by atoms with Crippen molar-refractivity contribution in [2.45, 2.75) is 40.3 Å². The summed E-state index contributed by atoms with van der Waals surface area (Å²) in [7, 11) is 2.02. The summed E-state index contributed by atoms with van der Waals surface area (Å²) >= 11 is 5.81. The van der Waals surface area contributed by atoms with Gasteiger partial charge in [0.2, 0.25) is 0 Å². The lowest BCUT2D eigenvalue weighted by atomic mass is 9.87. The van der Waals surface area contributed by atoms with Gasteiger partial charge < -0.3 is 0 Å². The van der Waals surface area contributed by atoms with E-state index >= 15 is 0 Å². The van der Waals surface area contributed by atoms with Gasteiger partial charge in [-0.1, -0.05) is 38.4 Å². The van der Waals surface area contributed by atoms with Gasteiger partial charge in [0.1, 0.15) is 5.02 Å². The fraction of sp³-hybridized carbons (Fsp3) is 0.571. The van der Waals surface area contributed by atoms with Crippen LogP contribution >= 0.6 is 11.6 Å². The third-order valence-electron chi connectivity index (χ3n) is 3.55. The van der Waals surface area contributed by atoms with Crippen molar-refractivity contribution in [3.63, 3.8) is 0 Å². The first-order chi connectivity index (χ1) is 8.62. The first kappa shape index (κ1) is 15.9. The second-order valence-corrected chi connectivity index (χ2v) is 6.41. The van der Waals surface area contributed by atoms with E-state index in [9.17, 15) is 10.1 Å². The lowest BCUT2D eigenvalue weighted by molar-refractivity contribution is -0.384. The van der Waals surface area contributed by atoms with E-state index in [-0.39, 0.29) is 16.1 Å². The number of nitrogens with zero attached hydrogens (tertiary/aromatic N) is 2. The molecule has 0 bridgehead atoms. The quantitative estimate of drug-likeness (QED) is 0.617. The van der Waals surface area contributed by atoms with E-state index in [1.807, 2.05) is 13.1 Å². The minimum atomic E-state index is -0.445. The Bertz CT molecular complexity index is 469. The van der Waals surface area contributed by atoms with Crippen molar-refractivity contribution in [3.8, 4) is 0 Å². The van der Waals surface area contributed by atoms with Crippen LogP contribution in [0.15, 0.2) is 18.2 Å². The van der Waals surface area contributed by atoms with Crippen LogP contribution in [0.2, 0.25) is 5.02 Å². The van der Waals surface area contributed by atoms with Crippen molar-refractivity contribution in [2.24, 2.45) is 5.41 Å². The van der Waals surface area contributed by atoms with Gasteiger partial charge in [-0.3, -0.25) is 15.0 Å². The first-order valence-electron chi connectivity index (χ1n) is 6.26. The average Bonchev–Trinajstić information content (AvgIpc) is 2.29. The summed E-state index contributed by atoms with van der Waals surface area (Å²) < 4.78 is 0. The lowest BCUT2D eigenvalue weighted by Crippen LogP contribution is -2.38. The van der Waals surface area contributed by atoms with Crippen LogP contribution in [0, 0.1) is 15.5 Å². The van der Waals surface area contributed by atoms with Crippen LogP contribution in [-0.4, -0.2) is 22.9 Å². The summed E-state index contributed by atoms with van der Waals surface area (Å²) in [5, 5.41) is 11.0. The van der Waals surface area contributed by atoms with Crippen LogP contribution in [0.1, 0.15) is 33.3 Å². The maximum atomic E-state index is 10.9. The zero-order valence-corrected chi connectivity index (χ0v) is 12.9. The molecule has 0 aliphatic heterocycles. The molecule has 0 saturated carbocycles. The Balaban J connectivity index is 2.89. The van der Waals surface area contributed by atoms with E-state index in [4.69, 9.17) is 11.6 Å². The van der Waals surface area contributed by atoms with Crippen LogP contribution in [-0.2, 0) is 6.54 Å². The molecule has 0 aliphatic carbocycles. The van der Waals surface area contributed by atoms with Gasteiger partial charge in [-0.2, -0.15) is 0 Å². The van der Waals surface area contributed by atoms with Crippen LogP contribution in [0.4, 0.5) is 5.69 Å². The molecule has 0 radical (unpaired) electrons. The van der Waals surface area contributed by atoms with E-state index < -0.39 is 4.92 Å². The fourth-order valence-corrected chi connectivity index (χ4v) is 2.07. The SMILES string of the molecule is CC(N(C)Cc1ccc(Cl)c([N+](=O)[O-])c1)C(C)(C)C. The van der Waals surface area contributed by atoms with E-state index in [0.29, 0.717) is 12.6 Å². The monoisotopic (exact) mass is 284 g/mol. The highest BCUT2D eigenvalue weighted by Gasteiger charge is 2.24. The summed E-state index contributed by atoms with van der Waals surface area (Å²) in [6.45, 7) is 9.36. The van der Waals surface area contributed by atoms with Crippen LogP contribution < -0.4 is 0 Å². The molecule has 106 valence electrons.